The van der Waals surface area contributed by atoms with E-state index in [1.807, 2.05) is 0 Å². The predicted octanol–water partition coefficient (Wildman–Crippen LogP) is 3.29. The van der Waals surface area contributed by atoms with Crippen molar-refractivity contribution < 1.29 is 22.7 Å². The number of carbonyl (C=O) groups is 1. The minimum Gasteiger partial charge on any atom is -0.493 e. The van der Waals surface area contributed by atoms with E-state index >= 15 is 0 Å². The molecule has 152 valence electrons. The van der Waals surface area contributed by atoms with Gasteiger partial charge in [0.25, 0.3) is 0 Å². The zero-order valence-electron chi connectivity index (χ0n) is 16.4. The minimum absolute atomic E-state index is 0.0447. The zero-order chi connectivity index (χ0) is 21.0. The van der Waals surface area contributed by atoms with Gasteiger partial charge in [0.1, 0.15) is 0 Å². The molecule has 3 rings (SSSR count). The summed E-state index contributed by atoms with van der Waals surface area (Å²) in [6, 6.07) is 15.4. The van der Waals surface area contributed by atoms with E-state index in [0.717, 1.165) is 0 Å². The number of methoxy groups -OCH3 is 2. The van der Waals surface area contributed by atoms with Gasteiger partial charge < -0.3 is 14.8 Å². The summed E-state index contributed by atoms with van der Waals surface area (Å²) in [5.74, 6) is 0.817. The number of hydrogen-bond donors (Lipinski definition) is 2. The Kier molecular flexibility index (Phi) is 6.05. The summed E-state index contributed by atoms with van der Waals surface area (Å²) in [7, 11) is -0.767. The topological polar surface area (TPSA) is 93.7 Å². The number of sulfonamides is 1. The van der Waals surface area contributed by atoms with E-state index in [0.29, 0.717) is 33.5 Å². The Morgan fingerprint density at radius 2 is 1.76 bits per heavy atom. The Morgan fingerprint density at radius 1 is 1.00 bits per heavy atom. The Bertz CT molecular complexity index is 1160. The van der Waals surface area contributed by atoms with Crippen LogP contribution in [0.4, 0.5) is 5.69 Å². The molecule has 0 atom stereocenters. The Hall–Kier alpha value is -3.10. The molecule has 29 heavy (non-hydrogen) atoms. The fourth-order valence-corrected chi connectivity index (χ4v) is 4.35. The van der Waals surface area contributed by atoms with Crippen molar-refractivity contribution >= 4 is 32.4 Å². The SMILES string of the molecule is COc1cccc(CNS(=O)(=O)c2cccc3cc(NC(C)=O)ccc23)c1OC. The monoisotopic (exact) mass is 414 g/mol. The van der Waals surface area contributed by atoms with Crippen molar-refractivity contribution in [1.82, 2.24) is 4.72 Å². The fraction of sp³-hybridized carbons (Fsp3) is 0.190. The summed E-state index contributed by atoms with van der Waals surface area (Å²) >= 11 is 0. The molecule has 0 radical (unpaired) electrons. The first-order valence-corrected chi connectivity index (χ1v) is 10.3. The average molecular weight is 414 g/mol. The van der Waals surface area contributed by atoms with Crippen molar-refractivity contribution in [2.24, 2.45) is 0 Å². The van der Waals surface area contributed by atoms with Crippen LogP contribution in [-0.4, -0.2) is 28.5 Å². The molecule has 0 aliphatic rings. The number of nitrogens with one attached hydrogen (secondary N) is 2. The van der Waals surface area contributed by atoms with Gasteiger partial charge in [0.05, 0.1) is 19.1 Å². The number of benzene rings is 3. The lowest BCUT2D eigenvalue weighted by molar-refractivity contribution is -0.114. The molecule has 3 aromatic carbocycles. The summed E-state index contributed by atoms with van der Waals surface area (Å²) in [5.41, 5.74) is 1.26. The number of anilines is 1. The first-order chi connectivity index (χ1) is 13.9. The second-order valence-corrected chi connectivity index (χ2v) is 8.09. The summed E-state index contributed by atoms with van der Waals surface area (Å²) in [6.45, 7) is 1.46. The summed E-state index contributed by atoms with van der Waals surface area (Å²) < 4.78 is 39.2. The van der Waals surface area contributed by atoms with Crippen LogP contribution in [0, 0.1) is 0 Å². The number of ether oxygens (including phenoxy) is 2. The number of rotatable bonds is 7. The van der Waals surface area contributed by atoms with Gasteiger partial charge in [0.2, 0.25) is 15.9 Å². The van der Waals surface area contributed by atoms with Gasteiger partial charge in [-0.2, -0.15) is 0 Å². The van der Waals surface area contributed by atoms with Gasteiger partial charge in [-0.15, -0.1) is 0 Å². The number of carbonyl (C=O) groups excluding carboxylic acids is 1. The highest BCUT2D eigenvalue weighted by Gasteiger charge is 2.19. The van der Waals surface area contributed by atoms with Gasteiger partial charge >= 0.3 is 0 Å². The second-order valence-electron chi connectivity index (χ2n) is 6.35. The predicted molar refractivity (Wildman–Crippen MR) is 112 cm³/mol. The standard InChI is InChI=1S/C21H22N2O5S/c1-14(24)23-17-10-11-18-15(12-17)6-5-9-20(18)29(25,26)22-13-16-7-4-8-19(27-2)21(16)28-3/h4-12,22H,13H2,1-3H3,(H,23,24). The van der Waals surface area contributed by atoms with E-state index in [2.05, 4.69) is 10.0 Å². The molecule has 0 aromatic heterocycles. The maximum Gasteiger partial charge on any atom is 0.241 e. The number of fused-ring (bicyclic) bond motifs is 1. The Labute approximate surface area is 169 Å². The molecular weight excluding hydrogens is 392 g/mol. The highest BCUT2D eigenvalue weighted by Crippen LogP contribution is 2.31. The van der Waals surface area contributed by atoms with Gasteiger partial charge in [-0.05, 0) is 29.7 Å². The second kappa shape index (κ2) is 8.50. The van der Waals surface area contributed by atoms with Crippen LogP contribution < -0.4 is 19.5 Å². The fourth-order valence-electron chi connectivity index (χ4n) is 3.11. The molecule has 0 unspecified atom stereocenters. The van der Waals surface area contributed by atoms with Crippen LogP contribution in [-0.2, 0) is 21.4 Å². The molecule has 3 aromatic rings. The Morgan fingerprint density at radius 3 is 2.45 bits per heavy atom. The van der Waals surface area contributed by atoms with Crippen LogP contribution in [0.15, 0.2) is 59.5 Å². The van der Waals surface area contributed by atoms with Crippen molar-refractivity contribution in [3.63, 3.8) is 0 Å². The molecule has 0 saturated heterocycles. The molecule has 0 aliphatic heterocycles. The maximum absolute atomic E-state index is 13.0. The summed E-state index contributed by atoms with van der Waals surface area (Å²) in [4.78, 5) is 11.4. The molecule has 8 heteroatoms. The van der Waals surface area contributed by atoms with Gasteiger partial charge in [0, 0.05) is 30.1 Å². The third-order valence-corrected chi connectivity index (χ3v) is 5.85. The third kappa shape index (κ3) is 4.49. The Balaban J connectivity index is 1.92. The van der Waals surface area contributed by atoms with Crippen molar-refractivity contribution in [1.29, 1.82) is 0 Å². The molecule has 2 N–H and O–H groups in total. The van der Waals surface area contributed by atoms with E-state index < -0.39 is 10.0 Å². The zero-order valence-corrected chi connectivity index (χ0v) is 17.2. The van der Waals surface area contributed by atoms with Crippen LogP contribution in [0.1, 0.15) is 12.5 Å². The van der Waals surface area contributed by atoms with Crippen molar-refractivity contribution in [3.8, 4) is 11.5 Å². The highest BCUT2D eigenvalue weighted by molar-refractivity contribution is 7.89. The normalized spacial score (nSPS) is 11.3. The smallest absolute Gasteiger partial charge is 0.241 e. The third-order valence-electron chi connectivity index (χ3n) is 4.39. The largest absolute Gasteiger partial charge is 0.493 e. The van der Waals surface area contributed by atoms with Crippen molar-refractivity contribution in [3.05, 3.63) is 60.2 Å². The first kappa shape index (κ1) is 20.6. The average Bonchev–Trinajstić information content (AvgIpc) is 2.70. The van der Waals surface area contributed by atoms with E-state index in [9.17, 15) is 13.2 Å². The number of amides is 1. The van der Waals surface area contributed by atoms with Crippen LogP contribution in [0.2, 0.25) is 0 Å². The molecule has 1 amide bonds. The van der Waals surface area contributed by atoms with Crippen LogP contribution in [0.3, 0.4) is 0 Å². The minimum atomic E-state index is -3.80. The molecule has 0 bridgehead atoms. The summed E-state index contributed by atoms with van der Waals surface area (Å²) in [6.07, 6.45) is 0. The molecule has 0 heterocycles. The quantitative estimate of drug-likeness (QED) is 0.619. The lowest BCUT2D eigenvalue weighted by Crippen LogP contribution is -2.23. The molecule has 0 fully saturated rings. The lowest BCUT2D eigenvalue weighted by Gasteiger charge is -2.14. The van der Waals surface area contributed by atoms with E-state index in [1.54, 1.807) is 54.6 Å². The van der Waals surface area contributed by atoms with Crippen molar-refractivity contribution in [2.45, 2.75) is 18.4 Å². The molecule has 0 aliphatic carbocycles. The van der Waals surface area contributed by atoms with Gasteiger partial charge in [0.15, 0.2) is 11.5 Å². The molecule has 7 nitrogen and oxygen atoms in total. The van der Waals surface area contributed by atoms with Gasteiger partial charge in [-0.25, -0.2) is 13.1 Å². The van der Waals surface area contributed by atoms with Crippen LogP contribution >= 0.6 is 0 Å². The highest BCUT2D eigenvalue weighted by atomic mass is 32.2. The van der Waals surface area contributed by atoms with Crippen LogP contribution in [0.5, 0.6) is 11.5 Å². The van der Waals surface area contributed by atoms with Gasteiger partial charge in [-0.1, -0.05) is 30.3 Å². The molecule has 0 saturated carbocycles. The number of para-hydroxylation sites is 1. The van der Waals surface area contributed by atoms with Gasteiger partial charge in [-0.3, -0.25) is 4.79 Å². The first-order valence-electron chi connectivity index (χ1n) is 8.85. The van der Waals surface area contributed by atoms with E-state index in [-0.39, 0.29) is 17.3 Å². The van der Waals surface area contributed by atoms with Crippen molar-refractivity contribution in [2.75, 3.05) is 19.5 Å². The van der Waals surface area contributed by atoms with Crippen LogP contribution in [0.25, 0.3) is 10.8 Å². The van der Waals surface area contributed by atoms with E-state index in [4.69, 9.17) is 9.47 Å². The maximum atomic E-state index is 13.0. The lowest BCUT2D eigenvalue weighted by atomic mass is 10.1. The molecule has 0 spiro atoms. The van der Waals surface area contributed by atoms with E-state index in [1.165, 1.54) is 21.1 Å². The summed E-state index contributed by atoms with van der Waals surface area (Å²) in [5, 5.41) is 3.96. The number of hydrogen-bond acceptors (Lipinski definition) is 5. The molecular formula is C21H22N2O5S.